The second-order valence-electron chi connectivity index (χ2n) is 3.80. The number of aromatic amines is 1. The fraction of sp³-hybridized carbons (Fsp3) is 0.375. The van der Waals surface area contributed by atoms with Gasteiger partial charge < -0.3 is 5.73 Å². The van der Waals surface area contributed by atoms with Crippen LogP contribution in [0, 0.1) is 0 Å². The Labute approximate surface area is 101 Å². The van der Waals surface area contributed by atoms with Crippen molar-refractivity contribution in [3.63, 3.8) is 0 Å². The van der Waals surface area contributed by atoms with Gasteiger partial charge in [0, 0.05) is 19.0 Å². The van der Waals surface area contributed by atoms with Crippen LogP contribution < -0.4 is 16.2 Å². The summed E-state index contributed by atoms with van der Waals surface area (Å²) in [6.07, 6.45) is -0.489. The summed E-state index contributed by atoms with van der Waals surface area (Å²) < 4.78 is 34.2. The summed E-state index contributed by atoms with van der Waals surface area (Å²) in [5.41, 5.74) is 4.75. The molecule has 18 heavy (non-hydrogen) atoms. The molecular weight excluding hydrogens is 267 g/mol. The van der Waals surface area contributed by atoms with Crippen LogP contribution in [0.2, 0.25) is 0 Å². The molecule has 1 aliphatic rings. The van der Waals surface area contributed by atoms with Gasteiger partial charge in [0.25, 0.3) is 5.56 Å². The lowest BCUT2D eigenvalue weighted by Gasteiger charge is -2.14. The maximum atomic E-state index is 12.8. The van der Waals surface area contributed by atoms with E-state index in [0.29, 0.717) is 0 Å². The van der Waals surface area contributed by atoms with E-state index in [1.165, 1.54) is 0 Å². The number of nitrogens with two attached hydrogens (primary N) is 1. The minimum absolute atomic E-state index is 0.117. The predicted octanol–water partition coefficient (Wildman–Crippen LogP) is -1.24. The van der Waals surface area contributed by atoms with Crippen LogP contribution in [0.5, 0.6) is 0 Å². The molecule has 1 aliphatic heterocycles. The fourth-order valence-electron chi connectivity index (χ4n) is 1.66. The van der Waals surface area contributed by atoms with Crippen molar-refractivity contribution in [2.45, 2.75) is 11.7 Å². The van der Waals surface area contributed by atoms with Crippen molar-refractivity contribution >= 4 is 27.9 Å². The highest BCUT2D eigenvalue weighted by atomic mass is 32.3. The molecule has 1 fully saturated rings. The molecule has 10 heteroatoms. The van der Waals surface area contributed by atoms with E-state index >= 15 is 0 Å². The zero-order valence-electron chi connectivity index (χ0n) is 8.96. The van der Waals surface area contributed by atoms with Crippen molar-refractivity contribution in [2.24, 2.45) is 0 Å². The monoisotopic (exact) mass is 276 g/mol. The number of carbonyl (C=O) groups is 1. The van der Waals surface area contributed by atoms with Gasteiger partial charge in [-0.05, 0) is 0 Å². The molecule has 0 spiro atoms. The molecule has 8 nitrogen and oxygen atoms in total. The molecule has 0 bridgehead atoms. The van der Waals surface area contributed by atoms with E-state index in [9.17, 15) is 21.9 Å². The molecule has 0 aliphatic carbocycles. The third-order valence-corrected chi connectivity index (χ3v) is 3.60. The summed E-state index contributed by atoms with van der Waals surface area (Å²) in [5, 5.41) is -1.45. The first-order valence-electron chi connectivity index (χ1n) is 4.88. The summed E-state index contributed by atoms with van der Waals surface area (Å²) in [5.74, 6) is -0.945. The fourth-order valence-corrected chi connectivity index (χ4v) is 2.33. The summed E-state index contributed by atoms with van der Waals surface area (Å²) in [7, 11) is -4.81. The second-order valence-corrected chi connectivity index (χ2v) is 5.42. The molecule has 1 aromatic heterocycles. The Balaban J connectivity index is 2.35. The van der Waals surface area contributed by atoms with E-state index in [1.807, 2.05) is 0 Å². The number of anilines is 2. The zero-order chi connectivity index (χ0) is 13.5. The van der Waals surface area contributed by atoms with Crippen LogP contribution in [-0.2, 0) is 15.0 Å². The number of rotatable bonds is 2. The van der Waals surface area contributed by atoms with Crippen LogP contribution in [0.1, 0.15) is 6.42 Å². The molecule has 98 valence electrons. The number of amides is 1. The third-order valence-electron chi connectivity index (χ3n) is 2.49. The highest BCUT2D eigenvalue weighted by Crippen LogP contribution is 2.22. The summed E-state index contributed by atoms with van der Waals surface area (Å²) in [6.45, 7) is -0.399. The van der Waals surface area contributed by atoms with Crippen LogP contribution >= 0.6 is 0 Å². The number of nitrogens with zero attached hydrogens (tertiary/aromatic N) is 2. The molecular formula is C8H9FN4O4S. The van der Waals surface area contributed by atoms with E-state index < -0.39 is 39.9 Å². The Morgan fingerprint density at radius 3 is 2.67 bits per heavy atom. The Morgan fingerprint density at radius 1 is 1.50 bits per heavy atom. The van der Waals surface area contributed by atoms with Crippen molar-refractivity contribution < 1.29 is 17.1 Å². The minimum atomic E-state index is -4.81. The number of carbonyl (C=O) groups excluding carboxylic acids is 1. The maximum Gasteiger partial charge on any atom is 0.307 e. The van der Waals surface area contributed by atoms with Crippen molar-refractivity contribution in [3.8, 4) is 0 Å². The predicted molar refractivity (Wildman–Crippen MR) is 60.1 cm³/mol. The topological polar surface area (TPSA) is 126 Å². The summed E-state index contributed by atoms with van der Waals surface area (Å²) >= 11 is 0. The van der Waals surface area contributed by atoms with Gasteiger partial charge >= 0.3 is 10.2 Å². The molecule has 1 amide bonds. The number of hydrogen-bond donors (Lipinski definition) is 2. The van der Waals surface area contributed by atoms with Crippen LogP contribution in [0.15, 0.2) is 10.9 Å². The van der Waals surface area contributed by atoms with Crippen molar-refractivity contribution in [3.05, 3.63) is 16.4 Å². The first kappa shape index (κ1) is 12.5. The Bertz CT molecular complexity index is 655. The zero-order valence-corrected chi connectivity index (χ0v) is 9.78. The number of nitrogen functional groups attached to an aromatic ring is 1. The molecule has 2 heterocycles. The van der Waals surface area contributed by atoms with Crippen LogP contribution in [0.4, 0.5) is 15.7 Å². The molecule has 1 saturated heterocycles. The van der Waals surface area contributed by atoms with E-state index in [4.69, 9.17) is 5.73 Å². The number of nitrogens with one attached hydrogen (secondary N) is 1. The van der Waals surface area contributed by atoms with Gasteiger partial charge in [-0.2, -0.15) is 13.4 Å². The summed E-state index contributed by atoms with van der Waals surface area (Å²) in [4.78, 5) is 29.5. The van der Waals surface area contributed by atoms with Gasteiger partial charge in [-0.15, -0.1) is 3.89 Å². The number of H-pyrrole nitrogens is 1. The van der Waals surface area contributed by atoms with Crippen LogP contribution in [0.3, 0.4) is 0 Å². The van der Waals surface area contributed by atoms with E-state index in [-0.39, 0.29) is 11.8 Å². The molecule has 0 aromatic carbocycles. The normalized spacial score (nSPS) is 20.4. The Hall–Kier alpha value is -1.97. The van der Waals surface area contributed by atoms with Crippen molar-refractivity contribution in [1.29, 1.82) is 0 Å². The Morgan fingerprint density at radius 2 is 2.17 bits per heavy atom. The quantitative estimate of drug-likeness (QED) is 0.650. The van der Waals surface area contributed by atoms with E-state index in [2.05, 4.69) is 9.97 Å². The van der Waals surface area contributed by atoms with Gasteiger partial charge in [-0.25, -0.2) is 0 Å². The Kier molecular flexibility index (Phi) is 2.81. The third kappa shape index (κ3) is 2.32. The second kappa shape index (κ2) is 4.05. The maximum absolute atomic E-state index is 12.8. The van der Waals surface area contributed by atoms with Crippen molar-refractivity contribution in [2.75, 3.05) is 17.2 Å². The molecule has 0 saturated carbocycles. The van der Waals surface area contributed by atoms with Gasteiger partial charge in [0.15, 0.2) is 0 Å². The number of hydrogen-bond acceptors (Lipinski definition) is 6. The van der Waals surface area contributed by atoms with Gasteiger partial charge in [-0.3, -0.25) is 19.5 Å². The van der Waals surface area contributed by atoms with Gasteiger partial charge in [-0.1, -0.05) is 0 Å². The summed E-state index contributed by atoms with van der Waals surface area (Å²) in [6, 6.07) is 1.01. The standard InChI is InChI=1S/C8H9FN4O4S/c9-18(16,17)4-1-7(15)13(3-4)8-11-5(10)2-6(14)12-8/h2,4H,1,3H2,(H3,10,11,12,14). The number of halogens is 1. The van der Waals surface area contributed by atoms with Crippen molar-refractivity contribution in [1.82, 2.24) is 9.97 Å². The highest BCUT2D eigenvalue weighted by molar-refractivity contribution is 7.87. The first-order chi connectivity index (χ1) is 8.27. The SMILES string of the molecule is Nc1cc(=O)[nH]c(N2CC(S(=O)(=O)F)CC2=O)n1. The van der Waals surface area contributed by atoms with E-state index in [1.54, 1.807) is 0 Å². The average molecular weight is 276 g/mol. The molecule has 3 N–H and O–H groups in total. The number of aromatic nitrogens is 2. The van der Waals surface area contributed by atoms with Gasteiger partial charge in [0.1, 0.15) is 11.1 Å². The average Bonchev–Trinajstić information content (AvgIpc) is 2.58. The van der Waals surface area contributed by atoms with E-state index in [0.717, 1.165) is 11.0 Å². The lowest BCUT2D eigenvalue weighted by molar-refractivity contribution is -0.117. The smallest absolute Gasteiger partial charge is 0.307 e. The van der Waals surface area contributed by atoms with Gasteiger partial charge in [0.05, 0.1) is 0 Å². The lowest BCUT2D eigenvalue weighted by Crippen LogP contribution is -2.30. The molecule has 0 radical (unpaired) electrons. The molecule has 1 atom stereocenters. The lowest BCUT2D eigenvalue weighted by atomic mass is 10.4. The van der Waals surface area contributed by atoms with Crippen LogP contribution in [-0.4, -0.2) is 36.1 Å². The molecule has 1 aromatic rings. The first-order valence-corrected chi connectivity index (χ1v) is 6.32. The molecule has 2 rings (SSSR count). The van der Waals surface area contributed by atoms with Crippen LogP contribution in [0.25, 0.3) is 0 Å². The largest absolute Gasteiger partial charge is 0.383 e. The minimum Gasteiger partial charge on any atom is -0.383 e. The highest BCUT2D eigenvalue weighted by Gasteiger charge is 2.40. The van der Waals surface area contributed by atoms with Gasteiger partial charge in [0.2, 0.25) is 11.9 Å². The molecule has 1 unspecified atom stereocenters.